The number of guanidine groups is 1. The minimum atomic E-state index is -0.922. The molecule has 1 fully saturated rings. The second kappa shape index (κ2) is 10.9. The molecule has 1 aliphatic rings. The highest BCUT2D eigenvalue weighted by Gasteiger charge is 2.24. The standard InChI is InChI=1S/C19H35N5OS/c1-4-20-18(22-16-19(2,25)17-8-5-15-26-17)21-9-6-11-24-12-7-10-23(3)13-14-24/h5,8,15,25H,4,6-7,9-14,16H2,1-3H3,(H2,20,21,22). The van der Waals surface area contributed by atoms with Gasteiger partial charge in [-0.1, -0.05) is 6.07 Å². The number of hydrogen-bond donors (Lipinski definition) is 3. The molecule has 1 atom stereocenters. The Kier molecular flexibility index (Phi) is 8.84. The summed E-state index contributed by atoms with van der Waals surface area (Å²) in [5.41, 5.74) is -0.922. The van der Waals surface area contributed by atoms with Crippen molar-refractivity contribution in [2.45, 2.75) is 32.3 Å². The Morgan fingerprint density at radius 1 is 1.31 bits per heavy atom. The molecular formula is C19H35N5OS. The number of nitrogens with zero attached hydrogens (tertiary/aromatic N) is 3. The summed E-state index contributed by atoms with van der Waals surface area (Å²) < 4.78 is 0. The number of hydrogen-bond acceptors (Lipinski definition) is 5. The molecule has 1 unspecified atom stereocenters. The molecule has 148 valence electrons. The van der Waals surface area contributed by atoms with Crippen molar-refractivity contribution in [1.82, 2.24) is 20.4 Å². The first-order valence-corrected chi connectivity index (χ1v) is 10.6. The molecule has 6 nitrogen and oxygen atoms in total. The van der Waals surface area contributed by atoms with E-state index in [0.717, 1.165) is 50.0 Å². The molecular weight excluding hydrogens is 346 g/mol. The smallest absolute Gasteiger partial charge is 0.191 e. The summed E-state index contributed by atoms with van der Waals surface area (Å²) in [5, 5.41) is 19.3. The SMILES string of the molecule is CCNC(=NCC(C)(O)c1cccs1)NCCCN1CCCN(C)CC1. The molecule has 2 heterocycles. The van der Waals surface area contributed by atoms with Crippen LogP contribution in [-0.2, 0) is 5.60 Å². The molecule has 0 bridgehead atoms. The summed E-state index contributed by atoms with van der Waals surface area (Å²) in [6.45, 7) is 11.8. The van der Waals surface area contributed by atoms with Gasteiger partial charge >= 0.3 is 0 Å². The van der Waals surface area contributed by atoms with Gasteiger partial charge in [-0.2, -0.15) is 0 Å². The first-order valence-electron chi connectivity index (χ1n) is 9.70. The van der Waals surface area contributed by atoms with Crippen molar-refractivity contribution in [2.75, 3.05) is 59.4 Å². The Hall–Kier alpha value is -1.15. The van der Waals surface area contributed by atoms with Gasteiger partial charge in [0.25, 0.3) is 0 Å². The first-order chi connectivity index (χ1) is 12.5. The maximum absolute atomic E-state index is 10.6. The van der Waals surface area contributed by atoms with E-state index in [9.17, 15) is 5.11 Å². The summed E-state index contributed by atoms with van der Waals surface area (Å²) in [5.74, 6) is 0.778. The Labute approximate surface area is 162 Å². The lowest BCUT2D eigenvalue weighted by Crippen LogP contribution is -2.40. The first kappa shape index (κ1) is 21.2. The third-order valence-corrected chi connectivity index (χ3v) is 5.82. The van der Waals surface area contributed by atoms with Gasteiger partial charge in [-0.3, -0.25) is 0 Å². The fraction of sp³-hybridized carbons (Fsp3) is 0.737. The largest absolute Gasteiger partial charge is 0.383 e. The maximum Gasteiger partial charge on any atom is 0.191 e. The predicted molar refractivity (Wildman–Crippen MR) is 111 cm³/mol. The summed E-state index contributed by atoms with van der Waals surface area (Å²) in [6, 6.07) is 3.92. The van der Waals surface area contributed by atoms with Gasteiger partial charge < -0.3 is 25.5 Å². The number of rotatable bonds is 8. The number of likely N-dealkylation sites (N-methyl/N-ethyl adjacent to an activating group) is 1. The number of thiophene rings is 1. The van der Waals surface area contributed by atoms with Gasteiger partial charge in [-0.05, 0) is 64.8 Å². The van der Waals surface area contributed by atoms with Crippen molar-refractivity contribution in [1.29, 1.82) is 0 Å². The zero-order valence-electron chi connectivity index (χ0n) is 16.5. The van der Waals surface area contributed by atoms with Gasteiger partial charge in [-0.25, -0.2) is 4.99 Å². The van der Waals surface area contributed by atoms with Crippen LogP contribution in [0.4, 0.5) is 0 Å². The van der Waals surface area contributed by atoms with E-state index in [0.29, 0.717) is 6.54 Å². The van der Waals surface area contributed by atoms with Crippen molar-refractivity contribution in [3.05, 3.63) is 22.4 Å². The van der Waals surface area contributed by atoms with E-state index in [-0.39, 0.29) is 0 Å². The molecule has 26 heavy (non-hydrogen) atoms. The summed E-state index contributed by atoms with van der Waals surface area (Å²) in [6.07, 6.45) is 2.35. The normalized spacial score (nSPS) is 19.8. The molecule has 2 rings (SSSR count). The van der Waals surface area contributed by atoms with Crippen LogP contribution in [0.25, 0.3) is 0 Å². The van der Waals surface area contributed by atoms with E-state index in [1.165, 1.54) is 19.5 Å². The van der Waals surface area contributed by atoms with Crippen LogP contribution in [0.5, 0.6) is 0 Å². The lowest BCUT2D eigenvalue weighted by molar-refractivity contribution is 0.0711. The Morgan fingerprint density at radius 3 is 2.88 bits per heavy atom. The Bertz CT molecular complexity index is 532. The van der Waals surface area contributed by atoms with E-state index in [4.69, 9.17) is 0 Å². The van der Waals surface area contributed by atoms with Gasteiger partial charge in [0.15, 0.2) is 5.96 Å². The van der Waals surface area contributed by atoms with Crippen LogP contribution in [0.1, 0.15) is 31.6 Å². The average molecular weight is 382 g/mol. The van der Waals surface area contributed by atoms with Gasteiger partial charge in [0, 0.05) is 31.1 Å². The summed E-state index contributed by atoms with van der Waals surface area (Å²) in [4.78, 5) is 10.5. The van der Waals surface area contributed by atoms with Gasteiger partial charge in [-0.15, -0.1) is 11.3 Å². The van der Waals surface area contributed by atoms with E-state index in [2.05, 4.69) is 39.4 Å². The van der Waals surface area contributed by atoms with E-state index in [1.54, 1.807) is 11.3 Å². The summed E-state index contributed by atoms with van der Waals surface area (Å²) >= 11 is 1.56. The molecule has 1 aromatic heterocycles. The molecule has 0 amide bonds. The second-order valence-corrected chi connectivity index (χ2v) is 8.17. The lowest BCUT2D eigenvalue weighted by Gasteiger charge is -2.22. The van der Waals surface area contributed by atoms with E-state index < -0.39 is 5.60 Å². The Balaban J connectivity index is 1.75. The van der Waals surface area contributed by atoms with Crippen LogP contribution in [-0.4, -0.2) is 80.3 Å². The maximum atomic E-state index is 10.6. The molecule has 1 aliphatic heterocycles. The fourth-order valence-electron chi connectivity index (χ4n) is 3.07. The van der Waals surface area contributed by atoms with Crippen molar-refractivity contribution in [2.24, 2.45) is 4.99 Å². The van der Waals surface area contributed by atoms with Crippen LogP contribution in [0.3, 0.4) is 0 Å². The third-order valence-electron chi connectivity index (χ3n) is 4.70. The topological polar surface area (TPSA) is 63.1 Å². The van der Waals surface area contributed by atoms with Crippen LogP contribution in [0, 0.1) is 0 Å². The van der Waals surface area contributed by atoms with Crippen molar-refractivity contribution >= 4 is 17.3 Å². The molecule has 0 aromatic carbocycles. The van der Waals surface area contributed by atoms with E-state index >= 15 is 0 Å². The molecule has 0 saturated carbocycles. The zero-order valence-corrected chi connectivity index (χ0v) is 17.3. The van der Waals surface area contributed by atoms with Gasteiger partial charge in [0.1, 0.15) is 5.60 Å². The molecule has 3 N–H and O–H groups in total. The molecule has 1 aromatic rings. The van der Waals surface area contributed by atoms with Crippen molar-refractivity contribution < 1.29 is 5.11 Å². The van der Waals surface area contributed by atoms with Gasteiger partial charge in [0.05, 0.1) is 6.54 Å². The molecule has 0 spiro atoms. The van der Waals surface area contributed by atoms with Crippen LogP contribution < -0.4 is 10.6 Å². The average Bonchev–Trinajstić information content (AvgIpc) is 3.08. The minimum Gasteiger partial charge on any atom is -0.383 e. The summed E-state index contributed by atoms with van der Waals surface area (Å²) in [7, 11) is 2.20. The van der Waals surface area contributed by atoms with Crippen LogP contribution in [0.2, 0.25) is 0 Å². The lowest BCUT2D eigenvalue weighted by atomic mass is 10.1. The number of aliphatic imine (C=N–C) groups is 1. The monoisotopic (exact) mass is 381 g/mol. The quantitative estimate of drug-likeness (QED) is 0.362. The third kappa shape index (κ3) is 7.23. The number of aliphatic hydroxyl groups is 1. The molecule has 1 saturated heterocycles. The molecule has 0 radical (unpaired) electrons. The van der Waals surface area contributed by atoms with Crippen LogP contribution in [0.15, 0.2) is 22.5 Å². The van der Waals surface area contributed by atoms with Gasteiger partial charge in [0.2, 0.25) is 0 Å². The molecule has 0 aliphatic carbocycles. The zero-order chi connectivity index (χ0) is 18.8. The minimum absolute atomic E-state index is 0.349. The van der Waals surface area contributed by atoms with E-state index in [1.807, 2.05) is 24.4 Å². The van der Waals surface area contributed by atoms with Crippen molar-refractivity contribution in [3.8, 4) is 0 Å². The highest BCUT2D eigenvalue weighted by atomic mass is 32.1. The predicted octanol–water partition coefficient (Wildman–Crippen LogP) is 1.54. The van der Waals surface area contributed by atoms with Crippen LogP contribution >= 0.6 is 11.3 Å². The fourth-order valence-corrected chi connectivity index (χ4v) is 3.85. The highest BCUT2D eigenvalue weighted by molar-refractivity contribution is 7.10. The Morgan fingerprint density at radius 2 is 2.15 bits per heavy atom. The highest BCUT2D eigenvalue weighted by Crippen LogP contribution is 2.25. The molecule has 7 heteroatoms. The second-order valence-electron chi connectivity index (χ2n) is 7.23. The van der Waals surface area contributed by atoms with Crippen molar-refractivity contribution in [3.63, 3.8) is 0 Å². The number of nitrogens with one attached hydrogen (secondary N) is 2.